The fourth-order valence-electron chi connectivity index (χ4n) is 3.65. The van der Waals surface area contributed by atoms with Crippen molar-refractivity contribution >= 4 is 23.4 Å². The molecule has 0 saturated heterocycles. The third-order valence-electron chi connectivity index (χ3n) is 5.22. The summed E-state index contributed by atoms with van der Waals surface area (Å²) in [5.41, 5.74) is 6.12. The van der Waals surface area contributed by atoms with E-state index in [9.17, 15) is 4.79 Å². The van der Waals surface area contributed by atoms with Crippen molar-refractivity contribution in [1.82, 2.24) is 14.9 Å². The zero-order chi connectivity index (χ0) is 21.9. The largest absolute Gasteiger partial charge is 0.497 e. The van der Waals surface area contributed by atoms with Gasteiger partial charge in [0, 0.05) is 17.3 Å². The summed E-state index contributed by atoms with van der Waals surface area (Å²) >= 11 is 1.40. The van der Waals surface area contributed by atoms with Crippen molar-refractivity contribution in [2.24, 2.45) is 0 Å². The van der Waals surface area contributed by atoms with Gasteiger partial charge in [-0.1, -0.05) is 78.5 Å². The Bertz CT molecular complexity index is 1230. The maximum absolute atomic E-state index is 13.4. The van der Waals surface area contributed by atoms with Gasteiger partial charge < -0.3 is 15.5 Å². The molecule has 1 aliphatic rings. The van der Waals surface area contributed by atoms with Crippen molar-refractivity contribution in [3.8, 4) is 17.1 Å². The molecule has 0 saturated carbocycles. The highest BCUT2D eigenvalue weighted by Gasteiger charge is 2.38. The maximum atomic E-state index is 13.4. The molecule has 5 rings (SSSR count). The molecule has 1 aliphatic heterocycles. The number of thioether (sulfide) groups is 1. The molecular weight excluding hydrogens is 422 g/mol. The van der Waals surface area contributed by atoms with Crippen molar-refractivity contribution < 1.29 is 9.53 Å². The highest BCUT2D eigenvalue weighted by molar-refractivity contribution is 8.00. The van der Waals surface area contributed by atoms with Gasteiger partial charge in [0.1, 0.15) is 11.0 Å². The van der Waals surface area contributed by atoms with E-state index in [0.717, 1.165) is 11.1 Å². The molecule has 2 atom stereocenters. The Balaban J connectivity index is 1.49. The second kappa shape index (κ2) is 8.76. The summed E-state index contributed by atoms with van der Waals surface area (Å²) in [6, 6.07) is 26.9. The lowest BCUT2D eigenvalue weighted by molar-refractivity contribution is -0.116. The fourth-order valence-corrected chi connectivity index (χ4v) is 4.73. The summed E-state index contributed by atoms with van der Waals surface area (Å²) in [5, 5.41) is 11.9. The number of benzene rings is 3. The van der Waals surface area contributed by atoms with E-state index in [1.54, 1.807) is 13.2 Å². The summed E-state index contributed by atoms with van der Waals surface area (Å²) in [5.74, 6) is 1.27. The van der Waals surface area contributed by atoms with Gasteiger partial charge in [-0.15, -0.1) is 10.2 Å². The van der Waals surface area contributed by atoms with Gasteiger partial charge in [0.2, 0.25) is 11.1 Å². The van der Waals surface area contributed by atoms with Crippen LogP contribution in [0.15, 0.2) is 90.1 Å². The smallest absolute Gasteiger partial charge is 0.240 e. The Labute approximate surface area is 189 Å². The van der Waals surface area contributed by atoms with Gasteiger partial charge in [-0.05, 0) is 17.7 Å². The van der Waals surface area contributed by atoms with Gasteiger partial charge in [-0.2, -0.15) is 0 Å². The molecule has 4 aromatic rings. The number of hydrogen-bond acceptors (Lipinski definition) is 6. The van der Waals surface area contributed by atoms with Crippen LogP contribution >= 0.6 is 11.8 Å². The quantitative estimate of drug-likeness (QED) is 0.477. The average Bonchev–Trinajstić information content (AvgIpc) is 3.27. The molecule has 0 radical (unpaired) electrons. The summed E-state index contributed by atoms with van der Waals surface area (Å²) < 4.78 is 7.14. The molecule has 0 unspecified atom stereocenters. The van der Waals surface area contributed by atoms with Crippen LogP contribution in [0.2, 0.25) is 0 Å². The fraction of sp³-hybridized carbons (Fsp3) is 0.125. The van der Waals surface area contributed by atoms with Crippen LogP contribution in [0.25, 0.3) is 11.4 Å². The van der Waals surface area contributed by atoms with Crippen molar-refractivity contribution in [2.45, 2.75) is 16.4 Å². The molecule has 0 aliphatic carbocycles. The minimum Gasteiger partial charge on any atom is -0.497 e. The molecule has 160 valence electrons. The SMILES string of the molecule is COc1cccc(NC(=O)[C@H]2Sc3nnc(-c4ccccc4)n3N[C@H]2c2ccccc2)c1. The van der Waals surface area contributed by atoms with Crippen LogP contribution in [-0.4, -0.2) is 33.1 Å². The van der Waals surface area contributed by atoms with Gasteiger partial charge in [-0.3, -0.25) is 4.79 Å². The lowest BCUT2D eigenvalue weighted by atomic mass is 10.0. The predicted octanol–water partition coefficient (Wildman–Crippen LogP) is 4.35. The average molecular weight is 444 g/mol. The first-order chi connectivity index (χ1) is 15.7. The second-order valence-electron chi connectivity index (χ2n) is 7.28. The van der Waals surface area contributed by atoms with Crippen LogP contribution in [0.1, 0.15) is 11.6 Å². The molecular formula is C24H21N5O2S. The van der Waals surface area contributed by atoms with Crippen molar-refractivity contribution in [3.63, 3.8) is 0 Å². The van der Waals surface area contributed by atoms with E-state index in [-0.39, 0.29) is 11.9 Å². The molecule has 1 amide bonds. The first-order valence-electron chi connectivity index (χ1n) is 10.2. The number of nitrogens with one attached hydrogen (secondary N) is 2. The minimum absolute atomic E-state index is 0.125. The zero-order valence-electron chi connectivity index (χ0n) is 17.3. The Morgan fingerprint density at radius 1 is 1.00 bits per heavy atom. The number of aromatic nitrogens is 3. The van der Waals surface area contributed by atoms with Crippen LogP contribution < -0.4 is 15.5 Å². The number of ether oxygens (including phenoxy) is 1. The van der Waals surface area contributed by atoms with Crippen LogP contribution in [0, 0.1) is 0 Å². The summed E-state index contributed by atoms with van der Waals surface area (Å²) in [7, 11) is 1.60. The number of methoxy groups -OCH3 is 1. The summed E-state index contributed by atoms with van der Waals surface area (Å²) in [4.78, 5) is 13.4. The molecule has 0 spiro atoms. The molecule has 32 heavy (non-hydrogen) atoms. The molecule has 0 fully saturated rings. The maximum Gasteiger partial charge on any atom is 0.240 e. The number of carbonyl (C=O) groups excluding carboxylic acids is 1. The van der Waals surface area contributed by atoms with E-state index in [4.69, 9.17) is 4.74 Å². The summed E-state index contributed by atoms with van der Waals surface area (Å²) in [6.07, 6.45) is 0. The van der Waals surface area contributed by atoms with Crippen LogP contribution in [0.4, 0.5) is 5.69 Å². The lowest BCUT2D eigenvalue weighted by Gasteiger charge is -2.33. The van der Waals surface area contributed by atoms with Crippen molar-refractivity contribution in [1.29, 1.82) is 0 Å². The predicted molar refractivity (Wildman–Crippen MR) is 125 cm³/mol. The molecule has 8 heteroatoms. The lowest BCUT2D eigenvalue weighted by Crippen LogP contribution is -2.41. The van der Waals surface area contributed by atoms with Crippen molar-refractivity contribution in [3.05, 3.63) is 90.5 Å². The molecule has 7 nitrogen and oxygen atoms in total. The van der Waals surface area contributed by atoms with E-state index in [0.29, 0.717) is 22.4 Å². The number of nitrogens with zero attached hydrogens (tertiary/aromatic N) is 3. The van der Waals surface area contributed by atoms with Crippen molar-refractivity contribution in [2.75, 3.05) is 17.9 Å². The third kappa shape index (κ3) is 3.92. The van der Waals surface area contributed by atoms with Gasteiger partial charge >= 0.3 is 0 Å². The Morgan fingerprint density at radius 3 is 2.50 bits per heavy atom. The monoisotopic (exact) mass is 443 g/mol. The van der Waals surface area contributed by atoms with Crippen LogP contribution in [-0.2, 0) is 4.79 Å². The third-order valence-corrected chi connectivity index (χ3v) is 6.44. The van der Waals surface area contributed by atoms with Gasteiger partial charge in [0.15, 0.2) is 5.82 Å². The Kier molecular flexibility index (Phi) is 5.51. The number of rotatable bonds is 5. The second-order valence-corrected chi connectivity index (χ2v) is 8.39. The normalized spacial score (nSPS) is 17.2. The molecule has 3 aromatic carbocycles. The first-order valence-corrected chi connectivity index (χ1v) is 11.0. The highest BCUT2D eigenvalue weighted by Crippen LogP contribution is 2.39. The van der Waals surface area contributed by atoms with E-state index >= 15 is 0 Å². The molecule has 2 N–H and O–H groups in total. The van der Waals surface area contributed by atoms with Crippen LogP contribution in [0.3, 0.4) is 0 Å². The molecule has 2 heterocycles. The number of amides is 1. The standard InChI is InChI=1S/C24H21N5O2S/c1-31-19-14-8-13-18(15-19)25-23(30)21-20(16-9-4-2-5-10-16)28-29-22(26-27-24(29)32-21)17-11-6-3-7-12-17/h2-15,20-21,28H,1H3,(H,25,30)/t20-,21-/m0/s1. The van der Waals surface area contributed by atoms with E-state index in [2.05, 4.69) is 20.9 Å². The van der Waals surface area contributed by atoms with Gasteiger partial charge in [0.25, 0.3) is 0 Å². The van der Waals surface area contributed by atoms with Gasteiger partial charge in [0.05, 0.1) is 13.2 Å². The number of anilines is 1. The number of hydrogen-bond donors (Lipinski definition) is 2. The molecule has 0 bridgehead atoms. The minimum atomic E-state index is -0.455. The summed E-state index contributed by atoms with van der Waals surface area (Å²) in [6.45, 7) is 0. The van der Waals surface area contributed by atoms with Gasteiger partial charge in [-0.25, -0.2) is 4.68 Å². The Hall–Kier alpha value is -3.78. The van der Waals surface area contributed by atoms with E-state index in [1.807, 2.05) is 83.5 Å². The molecule has 1 aromatic heterocycles. The first kappa shape index (κ1) is 20.1. The zero-order valence-corrected chi connectivity index (χ0v) is 18.1. The Morgan fingerprint density at radius 2 is 1.75 bits per heavy atom. The number of carbonyl (C=O) groups is 1. The van der Waals surface area contributed by atoms with E-state index in [1.165, 1.54) is 11.8 Å². The van der Waals surface area contributed by atoms with Crippen LogP contribution in [0.5, 0.6) is 5.75 Å². The topological polar surface area (TPSA) is 81.1 Å². The number of fused-ring (bicyclic) bond motifs is 1. The highest BCUT2D eigenvalue weighted by atomic mass is 32.2. The van der Waals surface area contributed by atoms with E-state index < -0.39 is 5.25 Å².